The molecular formula is C13H16N4O. The second-order valence-electron chi connectivity index (χ2n) is 4.16. The van der Waals surface area contributed by atoms with Crippen LogP contribution >= 0.6 is 0 Å². The quantitative estimate of drug-likeness (QED) is 0.809. The molecule has 2 aromatic rings. The third-order valence-electron chi connectivity index (χ3n) is 2.18. The third kappa shape index (κ3) is 3.35. The van der Waals surface area contributed by atoms with Gasteiger partial charge in [-0.3, -0.25) is 0 Å². The molecule has 5 heteroatoms. The van der Waals surface area contributed by atoms with E-state index in [4.69, 9.17) is 10.5 Å². The lowest BCUT2D eigenvalue weighted by Gasteiger charge is -2.10. The van der Waals surface area contributed by atoms with Crippen LogP contribution in [0.3, 0.4) is 0 Å². The number of rotatable bonds is 4. The lowest BCUT2D eigenvalue weighted by molar-refractivity contribution is 0.232. The van der Waals surface area contributed by atoms with Gasteiger partial charge in [-0.1, -0.05) is 0 Å². The molecule has 0 radical (unpaired) electrons. The highest BCUT2D eigenvalue weighted by Crippen LogP contribution is 2.18. The van der Waals surface area contributed by atoms with E-state index < -0.39 is 0 Å². The van der Waals surface area contributed by atoms with Gasteiger partial charge in [-0.25, -0.2) is 9.97 Å². The number of hydrogen-bond donors (Lipinski definition) is 2. The highest BCUT2D eigenvalue weighted by atomic mass is 16.5. The third-order valence-corrected chi connectivity index (χ3v) is 2.18. The van der Waals surface area contributed by atoms with Crippen LogP contribution in [0.15, 0.2) is 36.7 Å². The Morgan fingerprint density at radius 1 is 1.17 bits per heavy atom. The maximum atomic E-state index is 5.63. The number of nitrogen functional groups attached to an aromatic ring is 1. The van der Waals surface area contributed by atoms with Crippen molar-refractivity contribution in [1.29, 1.82) is 0 Å². The lowest BCUT2D eigenvalue weighted by atomic mass is 10.3. The second-order valence-corrected chi connectivity index (χ2v) is 4.16. The Bertz CT molecular complexity index is 511. The number of nitrogens with one attached hydrogen (secondary N) is 1. The number of ether oxygens (including phenoxy) is 1. The summed E-state index contributed by atoms with van der Waals surface area (Å²) >= 11 is 0. The van der Waals surface area contributed by atoms with Gasteiger partial charge in [0.2, 0.25) is 5.88 Å². The minimum Gasteiger partial charge on any atom is -0.475 e. The first-order chi connectivity index (χ1) is 8.63. The Hall–Kier alpha value is -2.30. The van der Waals surface area contributed by atoms with E-state index >= 15 is 0 Å². The summed E-state index contributed by atoms with van der Waals surface area (Å²) in [7, 11) is 0. The number of anilines is 3. The van der Waals surface area contributed by atoms with E-state index in [2.05, 4.69) is 15.3 Å². The van der Waals surface area contributed by atoms with Crippen molar-refractivity contribution in [3.63, 3.8) is 0 Å². The van der Waals surface area contributed by atoms with E-state index in [1.165, 1.54) is 6.33 Å². The minimum absolute atomic E-state index is 0.0873. The standard InChI is InChI=1S/C13H16N4O/c1-9(2)18-13-7-12(15-8-16-13)17-11-5-3-10(14)4-6-11/h3-9H,14H2,1-2H3,(H,15,16,17). The smallest absolute Gasteiger partial charge is 0.218 e. The van der Waals surface area contributed by atoms with Crippen LogP contribution in [-0.4, -0.2) is 16.1 Å². The van der Waals surface area contributed by atoms with Crippen LogP contribution in [0.1, 0.15) is 13.8 Å². The van der Waals surface area contributed by atoms with Crippen LogP contribution in [0.25, 0.3) is 0 Å². The monoisotopic (exact) mass is 244 g/mol. The van der Waals surface area contributed by atoms with Crippen molar-refractivity contribution < 1.29 is 4.74 Å². The van der Waals surface area contributed by atoms with Crippen LogP contribution in [0.4, 0.5) is 17.2 Å². The summed E-state index contributed by atoms with van der Waals surface area (Å²) in [4.78, 5) is 8.17. The van der Waals surface area contributed by atoms with E-state index in [1.807, 2.05) is 38.1 Å². The number of nitrogens with zero attached hydrogens (tertiary/aromatic N) is 2. The van der Waals surface area contributed by atoms with Gasteiger partial charge in [-0.05, 0) is 38.1 Å². The molecule has 0 fully saturated rings. The Balaban J connectivity index is 2.11. The maximum Gasteiger partial charge on any atom is 0.218 e. The summed E-state index contributed by atoms with van der Waals surface area (Å²) < 4.78 is 5.50. The fourth-order valence-corrected chi connectivity index (χ4v) is 1.43. The Morgan fingerprint density at radius 3 is 2.56 bits per heavy atom. The Kier molecular flexibility index (Phi) is 3.62. The molecule has 0 amide bonds. The van der Waals surface area contributed by atoms with E-state index in [-0.39, 0.29) is 6.10 Å². The number of aromatic nitrogens is 2. The van der Waals surface area contributed by atoms with Crippen LogP contribution in [0.2, 0.25) is 0 Å². The van der Waals surface area contributed by atoms with Crippen LogP contribution in [0, 0.1) is 0 Å². The maximum absolute atomic E-state index is 5.63. The zero-order valence-electron chi connectivity index (χ0n) is 10.4. The zero-order chi connectivity index (χ0) is 13.0. The van der Waals surface area contributed by atoms with Crippen molar-refractivity contribution >= 4 is 17.2 Å². The summed E-state index contributed by atoms with van der Waals surface area (Å²) in [6, 6.07) is 9.20. The molecule has 0 bridgehead atoms. The molecule has 2 rings (SSSR count). The van der Waals surface area contributed by atoms with Gasteiger partial charge < -0.3 is 15.8 Å². The number of hydrogen-bond acceptors (Lipinski definition) is 5. The Morgan fingerprint density at radius 2 is 1.89 bits per heavy atom. The zero-order valence-corrected chi connectivity index (χ0v) is 10.4. The molecule has 1 aromatic heterocycles. The van der Waals surface area contributed by atoms with Crippen LogP contribution < -0.4 is 15.8 Å². The molecule has 0 aliphatic rings. The van der Waals surface area contributed by atoms with Crippen molar-refractivity contribution in [3.8, 4) is 5.88 Å². The van der Waals surface area contributed by atoms with Crippen molar-refractivity contribution in [2.75, 3.05) is 11.1 Å². The fraction of sp³-hybridized carbons (Fsp3) is 0.231. The predicted octanol–water partition coefficient (Wildman–Crippen LogP) is 2.59. The molecule has 0 atom stereocenters. The van der Waals surface area contributed by atoms with Gasteiger partial charge >= 0.3 is 0 Å². The topological polar surface area (TPSA) is 73.1 Å². The molecular weight excluding hydrogens is 228 g/mol. The van der Waals surface area contributed by atoms with E-state index in [0.717, 1.165) is 11.4 Å². The Labute approximate surface area is 106 Å². The first-order valence-electron chi connectivity index (χ1n) is 5.75. The molecule has 94 valence electrons. The van der Waals surface area contributed by atoms with Gasteiger partial charge in [0.15, 0.2) is 0 Å². The van der Waals surface area contributed by atoms with Gasteiger partial charge in [-0.2, -0.15) is 0 Å². The molecule has 0 aliphatic carbocycles. The summed E-state index contributed by atoms with van der Waals surface area (Å²) in [5, 5.41) is 3.16. The first-order valence-corrected chi connectivity index (χ1v) is 5.75. The highest BCUT2D eigenvalue weighted by molar-refractivity contribution is 5.59. The van der Waals surface area contributed by atoms with Gasteiger partial charge in [0.05, 0.1) is 6.10 Å². The van der Waals surface area contributed by atoms with Crippen LogP contribution in [-0.2, 0) is 0 Å². The normalized spacial score (nSPS) is 10.4. The van der Waals surface area contributed by atoms with Gasteiger partial charge in [0, 0.05) is 17.4 Å². The van der Waals surface area contributed by atoms with Crippen molar-refractivity contribution in [1.82, 2.24) is 9.97 Å². The SMILES string of the molecule is CC(C)Oc1cc(Nc2ccc(N)cc2)ncn1. The summed E-state index contributed by atoms with van der Waals surface area (Å²) in [6.45, 7) is 3.91. The average molecular weight is 244 g/mol. The number of benzene rings is 1. The van der Waals surface area contributed by atoms with Crippen molar-refractivity contribution in [3.05, 3.63) is 36.7 Å². The van der Waals surface area contributed by atoms with Crippen molar-refractivity contribution in [2.24, 2.45) is 0 Å². The van der Waals surface area contributed by atoms with E-state index in [1.54, 1.807) is 6.07 Å². The largest absolute Gasteiger partial charge is 0.475 e. The fourth-order valence-electron chi connectivity index (χ4n) is 1.43. The number of nitrogens with two attached hydrogens (primary N) is 1. The van der Waals surface area contributed by atoms with Crippen molar-refractivity contribution in [2.45, 2.75) is 20.0 Å². The molecule has 0 saturated heterocycles. The molecule has 3 N–H and O–H groups in total. The molecule has 0 spiro atoms. The molecule has 1 aromatic carbocycles. The predicted molar refractivity (Wildman–Crippen MR) is 71.9 cm³/mol. The molecule has 0 unspecified atom stereocenters. The molecule has 0 aliphatic heterocycles. The first kappa shape index (κ1) is 12.2. The minimum atomic E-state index is 0.0873. The highest BCUT2D eigenvalue weighted by Gasteiger charge is 2.02. The van der Waals surface area contributed by atoms with Gasteiger partial charge in [-0.15, -0.1) is 0 Å². The van der Waals surface area contributed by atoms with Gasteiger partial charge in [0.1, 0.15) is 12.1 Å². The molecule has 18 heavy (non-hydrogen) atoms. The molecule has 0 saturated carbocycles. The summed E-state index contributed by atoms with van der Waals surface area (Å²) in [6.07, 6.45) is 1.56. The second kappa shape index (κ2) is 5.35. The van der Waals surface area contributed by atoms with Crippen LogP contribution in [0.5, 0.6) is 5.88 Å². The lowest BCUT2D eigenvalue weighted by Crippen LogP contribution is -2.07. The molecule has 5 nitrogen and oxygen atoms in total. The van der Waals surface area contributed by atoms with Gasteiger partial charge in [0.25, 0.3) is 0 Å². The van der Waals surface area contributed by atoms with E-state index in [0.29, 0.717) is 11.7 Å². The average Bonchev–Trinajstić information content (AvgIpc) is 2.32. The summed E-state index contributed by atoms with van der Waals surface area (Å²) in [5.41, 5.74) is 7.27. The summed E-state index contributed by atoms with van der Waals surface area (Å²) in [5.74, 6) is 1.24. The molecule has 1 heterocycles. The van der Waals surface area contributed by atoms with E-state index in [9.17, 15) is 0 Å².